The second-order valence-electron chi connectivity index (χ2n) is 4.51. The first-order valence-corrected chi connectivity index (χ1v) is 6.81. The number of ether oxygens (including phenoxy) is 1. The summed E-state index contributed by atoms with van der Waals surface area (Å²) >= 11 is 0. The van der Waals surface area contributed by atoms with Crippen LogP contribution in [0.15, 0.2) is 48.4 Å². The molecule has 0 saturated heterocycles. The molecule has 0 spiro atoms. The molecule has 0 unspecified atom stereocenters. The standard InChI is InChI=1S/C17H22O2/c1-3-4-6-11-17(14-15(2)18)19-13-12-16-9-7-5-8-10-16/h5,7-10,12-14H,3-4,6,11H2,1-2H3/b13-12-,17-14-. The lowest BCUT2D eigenvalue weighted by atomic mass is 10.1. The van der Waals surface area contributed by atoms with Crippen LogP contribution in [0.1, 0.15) is 45.1 Å². The molecule has 0 aliphatic rings. The molecular weight excluding hydrogens is 236 g/mol. The van der Waals surface area contributed by atoms with Crippen molar-refractivity contribution in [2.24, 2.45) is 0 Å². The van der Waals surface area contributed by atoms with Gasteiger partial charge < -0.3 is 4.74 Å². The van der Waals surface area contributed by atoms with Crippen LogP contribution in [0.2, 0.25) is 0 Å². The SMILES string of the molecule is CCCCC/C(=C/C(C)=O)O/C=C\c1ccccc1. The number of carbonyl (C=O) groups excluding carboxylic acids is 1. The normalized spacial score (nSPS) is 11.8. The molecule has 1 aromatic carbocycles. The second kappa shape index (κ2) is 9.15. The summed E-state index contributed by atoms with van der Waals surface area (Å²) in [4.78, 5) is 11.1. The van der Waals surface area contributed by atoms with Gasteiger partial charge in [-0.25, -0.2) is 0 Å². The molecule has 0 bridgehead atoms. The van der Waals surface area contributed by atoms with Crippen LogP contribution in [-0.2, 0) is 9.53 Å². The number of ketones is 1. The minimum Gasteiger partial charge on any atom is -0.469 e. The van der Waals surface area contributed by atoms with Gasteiger partial charge in [-0.3, -0.25) is 4.79 Å². The van der Waals surface area contributed by atoms with E-state index in [-0.39, 0.29) is 5.78 Å². The maximum absolute atomic E-state index is 11.1. The summed E-state index contributed by atoms with van der Waals surface area (Å²) in [5.74, 6) is 0.771. The number of carbonyl (C=O) groups is 1. The molecule has 102 valence electrons. The fraction of sp³-hybridized carbons (Fsp3) is 0.353. The van der Waals surface area contributed by atoms with Gasteiger partial charge in [-0.1, -0.05) is 50.1 Å². The van der Waals surface area contributed by atoms with Crippen molar-refractivity contribution in [3.63, 3.8) is 0 Å². The first-order valence-electron chi connectivity index (χ1n) is 6.81. The van der Waals surface area contributed by atoms with Gasteiger partial charge in [-0.2, -0.15) is 0 Å². The highest BCUT2D eigenvalue weighted by atomic mass is 16.5. The summed E-state index contributed by atoms with van der Waals surface area (Å²) in [6.07, 6.45) is 9.30. The summed E-state index contributed by atoms with van der Waals surface area (Å²) in [7, 11) is 0. The number of hydrogen-bond donors (Lipinski definition) is 0. The lowest BCUT2D eigenvalue weighted by molar-refractivity contribution is -0.112. The lowest BCUT2D eigenvalue weighted by Crippen LogP contribution is -1.92. The number of allylic oxidation sites excluding steroid dienone is 2. The monoisotopic (exact) mass is 258 g/mol. The van der Waals surface area contributed by atoms with Gasteiger partial charge in [-0.05, 0) is 25.0 Å². The van der Waals surface area contributed by atoms with E-state index in [0.29, 0.717) is 0 Å². The van der Waals surface area contributed by atoms with Gasteiger partial charge in [0.25, 0.3) is 0 Å². The largest absolute Gasteiger partial charge is 0.469 e. The van der Waals surface area contributed by atoms with Crippen molar-refractivity contribution in [2.75, 3.05) is 0 Å². The highest BCUT2D eigenvalue weighted by Crippen LogP contribution is 2.12. The van der Waals surface area contributed by atoms with Crippen LogP contribution >= 0.6 is 0 Å². The van der Waals surface area contributed by atoms with Gasteiger partial charge in [-0.15, -0.1) is 0 Å². The van der Waals surface area contributed by atoms with Gasteiger partial charge in [0.15, 0.2) is 5.78 Å². The number of benzene rings is 1. The van der Waals surface area contributed by atoms with Crippen molar-refractivity contribution >= 4 is 11.9 Å². The van der Waals surface area contributed by atoms with Gasteiger partial charge in [0, 0.05) is 12.5 Å². The van der Waals surface area contributed by atoms with E-state index in [1.165, 1.54) is 0 Å². The van der Waals surface area contributed by atoms with E-state index in [2.05, 4.69) is 6.92 Å². The molecule has 2 heteroatoms. The van der Waals surface area contributed by atoms with Crippen molar-refractivity contribution in [2.45, 2.75) is 39.5 Å². The summed E-state index contributed by atoms with van der Waals surface area (Å²) in [5, 5.41) is 0. The Morgan fingerprint density at radius 3 is 2.58 bits per heavy atom. The third-order valence-electron chi connectivity index (χ3n) is 2.67. The van der Waals surface area contributed by atoms with Gasteiger partial charge in [0.2, 0.25) is 0 Å². The number of rotatable bonds is 8. The zero-order valence-electron chi connectivity index (χ0n) is 11.8. The minimum atomic E-state index is 0.0274. The Morgan fingerprint density at radius 2 is 1.95 bits per heavy atom. The Hall–Kier alpha value is -1.83. The molecule has 1 aromatic rings. The van der Waals surface area contributed by atoms with Crippen LogP contribution < -0.4 is 0 Å². The van der Waals surface area contributed by atoms with Crippen molar-refractivity contribution in [3.8, 4) is 0 Å². The average molecular weight is 258 g/mol. The van der Waals surface area contributed by atoms with Crippen LogP contribution in [0, 0.1) is 0 Å². The third-order valence-corrected chi connectivity index (χ3v) is 2.67. The molecule has 2 nitrogen and oxygen atoms in total. The zero-order valence-corrected chi connectivity index (χ0v) is 11.8. The fourth-order valence-corrected chi connectivity index (χ4v) is 1.71. The quantitative estimate of drug-likeness (QED) is 0.383. The van der Waals surface area contributed by atoms with Crippen LogP contribution in [0.5, 0.6) is 0 Å². The van der Waals surface area contributed by atoms with Crippen LogP contribution in [0.25, 0.3) is 6.08 Å². The smallest absolute Gasteiger partial charge is 0.155 e. The molecule has 0 N–H and O–H groups in total. The fourth-order valence-electron chi connectivity index (χ4n) is 1.71. The first kappa shape index (κ1) is 15.2. The summed E-state index contributed by atoms with van der Waals surface area (Å²) in [6.45, 7) is 3.70. The lowest BCUT2D eigenvalue weighted by Gasteiger charge is -2.05. The third kappa shape index (κ3) is 7.24. The van der Waals surface area contributed by atoms with Crippen LogP contribution in [-0.4, -0.2) is 5.78 Å². The number of hydrogen-bond acceptors (Lipinski definition) is 2. The van der Waals surface area contributed by atoms with E-state index in [1.54, 1.807) is 19.3 Å². The molecule has 0 atom stereocenters. The van der Waals surface area contributed by atoms with E-state index in [1.807, 2.05) is 36.4 Å². The number of unbranched alkanes of at least 4 members (excludes halogenated alkanes) is 2. The average Bonchev–Trinajstić information content (AvgIpc) is 2.39. The van der Waals surface area contributed by atoms with E-state index in [9.17, 15) is 4.79 Å². The van der Waals surface area contributed by atoms with E-state index >= 15 is 0 Å². The molecule has 0 heterocycles. The van der Waals surface area contributed by atoms with Crippen molar-refractivity contribution < 1.29 is 9.53 Å². The van der Waals surface area contributed by atoms with Crippen molar-refractivity contribution in [1.29, 1.82) is 0 Å². The Morgan fingerprint density at radius 1 is 1.21 bits per heavy atom. The molecule has 0 fully saturated rings. The Balaban J connectivity index is 2.53. The maximum Gasteiger partial charge on any atom is 0.155 e. The van der Waals surface area contributed by atoms with E-state index in [0.717, 1.165) is 37.0 Å². The molecule has 0 aliphatic carbocycles. The molecule has 0 radical (unpaired) electrons. The van der Waals surface area contributed by atoms with Crippen LogP contribution in [0.3, 0.4) is 0 Å². The predicted octanol–water partition coefficient (Wildman–Crippen LogP) is 4.73. The van der Waals surface area contributed by atoms with Crippen LogP contribution in [0.4, 0.5) is 0 Å². The molecule has 0 saturated carbocycles. The van der Waals surface area contributed by atoms with Crippen molar-refractivity contribution in [1.82, 2.24) is 0 Å². The Labute approximate surface area is 115 Å². The highest BCUT2D eigenvalue weighted by Gasteiger charge is 1.99. The molecular formula is C17H22O2. The predicted molar refractivity (Wildman–Crippen MR) is 79.5 cm³/mol. The molecule has 0 amide bonds. The molecule has 1 rings (SSSR count). The minimum absolute atomic E-state index is 0.0274. The Bertz CT molecular complexity index is 430. The first-order chi connectivity index (χ1) is 9.22. The van der Waals surface area contributed by atoms with E-state index in [4.69, 9.17) is 4.74 Å². The summed E-state index contributed by atoms with van der Waals surface area (Å²) < 4.78 is 5.56. The van der Waals surface area contributed by atoms with E-state index < -0.39 is 0 Å². The summed E-state index contributed by atoms with van der Waals surface area (Å²) in [5.41, 5.74) is 1.08. The van der Waals surface area contributed by atoms with Gasteiger partial charge >= 0.3 is 0 Å². The van der Waals surface area contributed by atoms with Gasteiger partial charge in [0.05, 0.1) is 6.26 Å². The summed E-state index contributed by atoms with van der Waals surface area (Å²) in [6, 6.07) is 9.95. The maximum atomic E-state index is 11.1. The second-order valence-corrected chi connectivity index (χ2v) is 4.51. The Kier molecular flexibility index (Phi) is 7.33. The van der Waals surface area contributed by atoms with Gasteiger partial charge in [0.1, 0.15) is 5.76 Å². The molecule has 19 heavy (non-hydrogen) atoms. The van der Waals surface area contributed by atoms with Crippen molar-refractivity contribution in [3.05, 3.63) is 54.0 Å². The molecule has 0 aromatic heterocycles. The topological polar surface area (TPSA) is 26.3 Å². The highest BCUT2D eigenvalue weighted by molar-refractivity contribution is 5.87. The zero-order chi connectivity index (χ0) is 13.9. The molecule has 0 aliphatic heterocycles.